The lowest BCUT2D eigenvalue weighted by atomic mass is 10.2. The molecule has 5 nitrogen and oxygen atoms in total. The summed E-state index contributed by atoms with van der Waals surface area (Å²) in [6.45, 7) is 7.98. The molecular weight excluding hydrogens is 306 g/mol. The van der Waals surface area contributed by atoms with E-state index in [0.717, 1.165) is 36.4 Å². The summed E-state index contributed by atoms with van der Waals surface area (Å²) in [6, 6.07) is 6.71. The van der Waals surface area contributed by atoms with Gasteiger partial charge in [0.1, 0.15) is 5.01 Å². The Balaban J connectivity index is 1.35. The summed E-state index contributed by atoms with van der Waals surface area (Å²) in [5.41, 5.74) is 2.15. The van der Waals surface area contributed by atoms with E-state index in [9.17, 15) is 0 Å². The van der Waals surface area contributed by atoms with Gasteiger partial charge in [-0.3, -0.25) is 14.8 Å². The van der Waals surface area contributed by atoms with Gasteiger partial charge in [-0.05, 0) is 18.6 Å². The maximum Gasteiger partial charge on any atom is 0.142 e. The molecule has 0 aliphatic carbocycles. The van der Waals surface area contributed by atoms with Crippen molar-refractivity contribution in [2.75, 3.05) is 39.3 Å². The third-order valence-electron chi connectivity index (χ3n) is 4.74. The van der Waals surface area contributed by atoms with E-state index >= 15 is 0 Å². The molecule has 1 N–H and O–H groups in total. The second kappa shape index (κ2) is 7.05. The zero-order chi connectivity index (χ0) is 15.5. The Morgan fingerprint density at radius 1 is 1.22 bits per heavy atom. The summed E-state index contributed by atoms with van der Waals surface area (Å²) >= 11 is 1.70. The summed E-state index contributed by atoms with van der Waals surface area (Å²) < 4.78 is 0. The lowest BCUT2D eigenvalue weighted by molar-refractivity contribution is 0.170. The Morgan fingerprint density at radius 3 is 2.96 bits per heavy atom. The molecule has 6 heteroatoms. The highest BCUT2D eigenvalue weighted by Crippen LogP contribution is 2.24. The van der Waals surface area contributed by atoms with E-state index in [1.807, 2.05) is 24.4 Å². The molecule has 0 radical (unpaired) electrons. The van der Waals surface area contributed by atoms with Crippen molar-refractivity contribution in [3.05, 3.63) is 35.5 Å². The predicted octanol–water partition coefficient (Wildman–Crippen LogP) is 1.68. The normalized spacial score (nSPS) is 23.4. The Hall–Kier alpha value is -1.34. The van der Waals surface area contributed by atoms with Gasteiger partial charge in [0.25, 0.3) is 0 Å². The monoisotopic (exact) mass is 329 g/mol. The fraction of sp³-hybridized carbons (Fsp3) is 0.529. The van der Waals surface area contributed by atoms with Gasteiger partial charge in [-0.15, -0.1) is 11.3 Å². The van der Waals surface area contributed by atoms with Crippen LogP contribution >= 0.6 is 11.3 Å². The summed E-state index contributed by atoms with van der Waals surface area (Å²) in [4.78, 5) is 14.4. The molecule has 1 unspecified atom stereocenters. The topological polar surface area (TPSA) is 44.3 Å². The average molecular weight is 329 g/mol. The van der Waals surface area contributed by atoms with E-state index in [1.54, 1.807) is 11.3 Å². The average Bonchev–Trinajstić information content (AvgIpc) is 3.27. The molecule has 1 atom stereocenters. The van der Waals surface area contributed by atoms with Gasteiger partial charge in [-0.1, -0.05) is 6.07 Å². The first-order valence-electron chi connectivity index (χ1n) is 8.41. The third-order valence-corrected chi connectivity index (χ3v) is 5.65. The van der Waals surface area contributed by atoms with Crippen LogP contribution in [0.5, 0.6) is 0 Å². The Kier molecular flexibility index (Phi) is 4.66. The fourth-order valence-corrected chi connectivity index (χ4v) is 4.30. The number of aromatic nitrogens is 2. The number of likely N-dealkylation sites (tertiary alicyclic amines) is 1. The van der Waals surface area contributed by atoms with Crippen molar-refractivity contribution in [1.29, 1.82) is 0 Å². The van der Waals surface area contributed by atoms with Gasteiger partial charge in [0.15, 0.2) is 0 Å². The van der Waals surface area contributed by atoms with E-state index in [0.29, 0.717) is 0 Å². The van der Waals surface area contributed by atoms with Gasteiger partial charge >= 0.3 is 0 Å². The molecule has 122 valence electrons. The molecule has 2 saturated heterocycles. The highest BCUT2D eigenvalue weighted by molar-refractivity contribution is 7.13. The van der Waals surface area contributed by atoms with E-state index in [2.05, 4.69) is 25.5 Å². The minimum atomic E-state index is 0.728. The standard InChI is InChI=1S/C17H23N5S/c1-2-5-19-16(3-1)17-20-14(13-23-17)11-21-8-4-15(12-21)22-9-6-18-7-10-22/h1-3,5,13,15,18H,4,6-12H2. The molecule has 4 rings (SSSR count). The molecule has 4 heterocycles. The fourth-order valence-electron chi connectivity index (χ4n) is 3.52. The first kappa shape index (κ1) is 15.2. The molecule has 0 saturated carbocycles. The number of pyridine rings is 1. The number of hydrogen-bond donors (Lipinski definition) is 1. The van der Waals surface area contributed by atoms with Crippen LogP contribution in [0.2, 0.25) is 0 Å². The molecule has 2 aromatic rings. The van der Waals surface area contributed by atoms with E-state index in [4.69, 9.17) is 4.98 Å². The van der Waals surface area contributed by atoms with Crippen LogP contribution in [0.1, 0.15) is 12.1 Å². The molecule has 2 aromatic heterocycles. The molecule has 0 amide bonds. The molecule has 2 aliphatic rings. The first-order valence-corrected chi connectivity index (χ1v) is 9.29. The number of piperazine rings is 1. The Labute approximate surface area is 141 Å². The highest BCUT2D eigenvalue weighted by Gasteiger charge is 2.28. The van der Waals surface area contributed by atoms with Gasteiger partial charge in [0.05, 0.1) is 11.4 Å². The maximum atomic E-state index is 4.77. The van der Waals surface area contributed by atoms with Crippen LogP contribution < -0.4 is 5.32 Å². The highest BCUT2D eigenvalue weighted by atomic mass is 32.1. The second-order valence-electron chi connectivity index (χ2n) is 6.32. The zero-order valence-corrected chi connectivity index (χ0v) is 14.1. The van der Waals surface area contributed by atoms with Crippen LogP contribution in [0.3, 0.4) is 0 Å². The van der Waals surface area contributed by atoms with Crippen LogP contribution in [0, 0.1) is 0 Å². The molecule has 0 bridgehead atoms. The molecule has 2 fully saturated rings. The number of thiazole rings is 1. The molecule has 0 spiro atoms. The van der Waals surface area contributed by atoms with Crippen molar-refractivity contribution >= 4 is 11.3 Å². The number of hydrogen-bond acceptors (Lipinski definition) is 6. The second-order valence-corrected chi connectivity index (χ2v) is 7.18. The van der Waals surface area contributed by atoms with Gasteiger partial charge in [-0.2, -0.15) is 0 Å². The molecular formula is C17H23N5S. The van der Waals surface area contributed by atoms with Gasteiger partial charge in [0, 0.05) is 63.4 Å². The lowest BCUT2D eigenvalue weighted by Gasteiger charge is -2.32. The minimum absolute atomic E-state index is 0.728. The van der Waals surface area contributed by atoms with Crippen molar-refractivity contribution < 1.29 is 0 Å². The van der Waals surface area contributed by atoms with Gasteiger partial charge in [-0.25, -0.2) is 4.98 Å². The number of nitrogens with one attached hydrogen (secondary N) is 1. The van der Waals surface area contributed by atoms with E-state index in [1.165, 1.54) is 38.3 Å². The summed E-state index contributed by atoms with van der Waals surface area (Å²) in [7, 11) is 0. The summed E-state index contributed by atoms with van der Waals surface area (Å²) in [5, 5.41) is 6.65. The minimum Gasteiger partial charge on any atom is -0.314 e. The van der Waals surface area contributed by atoms with Crippen molar-refractivity contribution in [3.8, 4) is 10.7 Å². The van der Waals surface area contributed by atoms with Gasteiger partial charge < -0.3 is 5.32 Å². The van der Waals surface area contributed by atoms with E-state index in [-0.39, 0.29) is 0 Å². The number of rotatable bonds is 4. The van der Waals surface area contributed by atoms with Crippen molar-refractivity contribution in [1.82, 2.24) is 25.1 Å². The van der Waals surface area contributed by atoms with Crippen molar-refractivity contribution in [3.63, 3.8) is 0 Å². The zero-order valence-electron chi connectivity index (χ0n) is 13.3. The Morgan fingerprint density at radius 2 is 2.13 bits per heavy atom. The van der Waals surface area contributed by atoms with Crippen LogP contribution in [0.15, 0.2) is 29.8 Å². The largest absolute Gasteiger partial charge is 0.314 e. The predicted molar refractivity (Wildman–Crippen MR) is 93.5 cm³/mol. The lowest BCUT2D eigenvalue weighted by Crippen LogP contribution is -2.49. The summed E-state index contributed by atoms with van der Waals surface area (Å²) in [6.07, 6.45) is 3.12. The molecule has 2 aliphatic heterocycles. The van der Waals surface area contributed by atoms with Crippen LogP contribution in [-0.2, 0) is 6.54 Å². The van der Waals surface area contributed by atoms with Crippen molar-refractivity contribution in [2.24, 2.45) is 0 Å². The van der Waals surface area contributed by atoms with Gasteiger partial charge in [0.2, 0.25) is 0 Å². The smallest absolute Gasteiger partial charge is 0.142 e. The first-order chi connectivity index (χ1) is 11.4. The summed E-state index contributed by atoms with van der Waals surface area (Å²) in [5.74, 6) is 0. The maximum absolute atomic E-state index is 4.77. The third kappa shape index (κ3) is 3.61. The molecule has 0 aromatic carbocycles. The quantitative estimate of drug-likeness (QED) is 0.925. The number of nitrogens with zero attached hydrogens (tertiary/aromatic N) is 4. The Bertz CT molecular complexity index is 623. The SMILES string of the molecule is c1ccc(-c2nc(CN3CCC(N4CCNCC4)C3)cs2)nc1. The van der Waals surface area contributed by atoms with E-state index < -0.39 is 0 Å². The van der Waals surface area contributed by atoms with Crippen LogP contribution in [0.4, 0.5) is 0 Å². The molecule has 23 heavy (non-hydrogen) atoms. The van der Waals surface area contributed by atoms with Crippen LogP contribution in [-0.4, -0.2) is 65.1 Å². The van der Waals surface area contributed by atoms with Crippen LogP contribution in [0.25, 0.3) is 10.7 Å². The van der Waals surface area contributed by atoms with Crippen molar-refractivity contribution in [2.45, 2.75) is 19.0 Å².